The molecule has 0 aliphatic heterocycles. The summed E-state index contributed by atoms with van der Waals surface area (Å²) >= 11 is 0. The van der Waals surface area contributed by atoms with E-state index in [2.05, 4.69) is 33.0 Å². The molecule has 0 rings (SSSR count). The fourth-order valence-electron chi connectivity index (χ4n) is 1.17. The molecule has 1 amide bonds. The maximum atomic E-state index is 11.1. The molecule has 1 unspecified atom stereocenters. The van der Waals surface area contributed by atoms with Crippen molar-refractivity contribution in [3.63, 3.8) is 0 Å². The Morgan fingerprint density at radius 3 is 2.50 bits per heavy atom. The number of amides is 1. The summed E-state index contributed by atoms with van der Waals surface area (Å²) in [4.78, 5) is 11.1. The molecule has 0 heterocycles. The molecule has 0 fully saturated rings. The first kappa shape index (κ1) is 13.0. The molecule has 1 N–H and O–H groups in total. The van der Waals surface area contributed by atoms with Crippen molar-refractivity contribution in [2.45, 2.75) is 40.5 Å². The van der Waals surface area contributed by atoms with Crippen molar-refractivity contribution in [1.29, 1.82) is 5.26 Å². The van der Waals surface area contributed by atoms with Gasteiger partial charge >= 0.3 is 0 Å². The molecule has 0 aliphatic rings. The highest BCUT2D eigenvalue weighted by Gasteiger charge is 2.26. The lowest BCUT2D eigenvalue weighted by atomic mass is 9.77. The minimum Gasteiger partial charge on any atom is -0.355 e. The zero-order chi connectivity index (χ0) is 11.2. The second kappa shape index (κ2) is 5.64. The van der Waals surface area contributed by atoms with Gasteiger partial charge in [0.2, 0.25) is 5.91 Å². The van der Waals surface area contributed by atoms with Gasteiger partial charge in [0.25, 0.3) is 0 Å². The van der Waals surface area contributed by atoms with Gasteiger partial charge in [-0.15, -0.1) is 0 Å². The van der Waals surface area contributed by atoms with Crippen molar-refractivity contribution >= 4 is 5.91 Å². The normalized spacial score (nSPS) is 14.6. The summed E-state index contributed by atoms with van der Waals surface area (Å²) < 4.78 is 0. The van der Waals surface area contributed by atoms with Crippen LogP contribution in [-0.4, -0.2) is 12.5 Å². The molecule has 3 heteroatoms. The molecule has 3 nitrogen and oxygen atoms in total. The van der Waals surface area contributed by atoms with Crippen LogP contribution in [0.15, 0.2) is 0 Å². The molecule has 0 saturated carbocycles. The number of nitrogens with zero attached hydrogens (tertiary/aromatic N) is 1. The SMILES string of the molecule is CCC(C)(CNC(=O)CC#N)C(C)C. The van der Waals surface area contributed by atoms with Gasteiger partial charge in [-0.3, -0.25) is 4.79 Å². The molecule has 14 heavy (non-hydrogen) atoms. The first-order valence-corrected chi connectivity index (χ1v) is 5.10. The maximum Gasteiger partial charge on any atom is 0.234 e. The van der Waals surface area contributed by atoms with Gasteiger partial charge in [0.1, 0.15) is 6.42 Å². The van der Waals surface area contributed by atoms with Crippen LogP contribution in [0.5, 0.6) is 0 Å². The first-order chi connectivity index (χ1) is 6.46. The number of carbonyl (C=O) groups excluding carboxylic acids is 1. The second-order valence-electron chi connectivity index (χ2n) is 4.27. The summed E-state index contributed by atoms with van der Waals surface area (Å²) in [6, 6.07) is 1.84. The van der Waals surface area contributed by atoms with Gasteiger partial charge < -0.3 is 5.32 Å². The molecular weight excluding hydrogens is 176 g/mol. The predicted octanol–water partition coefficient (Wildman–Crippen LogP) is 2.09. The highest BCUT2D eigenvalue weighted by atomic mass is 16.1. The smallest absolute Gasteiger partial charge is 0.234 e. The maximum absolute atomic E-state index is 11.1. The van der Waals surface area contributed by atoms with Gasteiger partial charge in [-0.2, -0.15) is 5.26 Å². The Kier molecular flexibility index (Phi) is 5.22. The largest absolute Gasteiger partial charge is 0.355 e. The average molecular weight is 196 g/mol. The van der Waals surface area contributed by atoms with Crippen LogP contribution in [-0.2, 0) is 4.79 Å². The molecule has 0 aromatic rings. The van der Waals surface area contributed by atoms with Gasteiger partial charge in [-0.05, 0) is 17.8 Å². The number of rotatable bonds is 5. The van der Waals surface area contributed by atoms with E-state index in [-0.39, 0.29) is 17.7 Å². The van der Waals surface area contributed by atoms with Gasteiger partial charge in [0.05, 0.1) is 6.07 Å². The Bertz CT molecular complexity index is 230. The Balaban J connectivity index is 4.09. The minimum absolute atomic E-state index is 0.0438. The van der Waals surface area contributed by atoms with E-state index in [1.165, 1.54) is 0 Å². The van der Waals surface area contributed by atoms with Crippen molar-refractivity contribution in [3.8, 4) is 6.07 Å². The fraction of sp³-hybridized carbons (Fsp3) is 0.818. The summed E-state index contributed by atoms with van der Waals surface area (Å²) in [5.74, 6) is 0.350. The minimum atomic E-state index is -0.173. The Morgan fingerprint density at radius 2 is 2.14 bits per heavy atom. The van der Waals surface area contributed by atoms with Crippen LogP contribution in [0, 0.1) is 22.7 Å². The second-order valence-corrected chi connectivity index (χ2v) is 4.27. The number of nitrogens with one attached hydrogen (secondary N) is 1. The van der Waals surface area contributed by atoms with E-state index in [9.17, 15) is 4.79 Å². The van der Waals surface area contributed by atoms with Gasteiger partial charge in [-0.1, -0.05) is 27.7 Å². The third-order valence-electron chi connectivity index (χ3n) is 3.13. The molecule has 0 bridgehead atoms. The average Bonchev–Trinajstić information content (AvgIpc) is 2.14. The third kappa shape index (κ3) is 3.78. The summed E-state index contributed by atoms with van der Waals surface area (Å²) in [7, 11) is 0. The van der Waals surface area contributed by atoms with Crippen LogP contribution < -0.4 is 5.32 Å². The number of nitriles is 1. The molecule has 1 atom stereocenters. The lowest BCUT2D eigenvalue weighted by molar-refractivity contribution is -0.120. The molecule has 0 aliphatic carbocycles. The van der Waals surface area contributed by atoms with E-state index in [4.69, 9.17) is 5.26 Å². The standard InChI is InChI=1S/C11H20N2O/c1-5-11(4,9(2)3)8-13-10(14)6-7-12/h9H,5-6,8H2,1-4H3,(H,13,14). The van der Waals surface area contributed by atoms with Gasteiger partial charge in [0, 0.05) is 6.54 Å². The van der Waals surface area contributed by atoms with Crippen molar-refractivity contribution in [1.82, 2.24) is 5.32 Å². The molecule has 0 aromatic heterocycles. The zero-order valence-electron chi connectivity index (χ0n) is 9.55. The highest BCUT2D eigenvalue weighted by Crippen LogP contribution is 2.29. The monoisotopic (exact) mass is 196 g/mol. The predicted molar refractivity (Wildman–Crippen MR) is 56.5 cm³/mol. The Hall–Kier alpha value is -1.04. The highest BCUT2D eigenvalue weighted by molar-refractivity contribution is 5.77. The first-order valence-electron chi connectivity index (χ1n) is 5.10. The Morgan fingerprint density at radius 1 is 1.57 bits per heavy atom. The Labute approximate surface area is 86.5 Å². The topological polar surface area (TPSA) is 52.9 Å². The van der Waals surface area contributed by atoms with Crippen LogP contribution in [0.2, 0.25) is 0 Å². The number of hydrogen-bond donors (Lipinski definition) is 1. The van der Waals surface area contributed by atoms with E-state index in [1.54, 1.807) is 0 Å². The lowest BCUT2D eigenvalue weighted by Crippen LogP contribution is -2.38. The summed E-state index contributed by atoms with van der Waals surface area (Å²) in [5.41, 5.74) is 0.130. The van der Waals surface area contributed by atoms with E-state index < -0.39 is 0 Å². The molecule has 0 saturated heterocycles. The van der Waals surface area contributed by atoms with Crippen LogP contribution in [0.3, 0.4) is 0 Å². The zero-order valence-corrected chi connectivity index (χ0v) is 9.55. The molecule has 0 aromatic carbocycles. The molecular formula is C11H20N2O. The van der Waals surface area contributed by atoms with Crippen molar-refractivity contribution in [2.24, 2.45) is 11.3 Å². The third-order valence-corrected chi connectivity index (χ3v) is 3.13. The summed E-state index contributed by atoms with van der Waals surface area (Å²) in [6.07, 6.45) is 0.982. The molecule has 0 spiro atoms. The van der Waals surface area contributed by atoms with Crippen molar-refractivity contribution in [2.75, 3.05) is 6.54 Å². The summed E-state index contributed by atoms with van der Waals surface area (Å²) in [5, 5.41) is 11.1. The van der Waals surface area contributed by atoms with Crippen LogP contribution in [0.25, 0.3) is 0 Å². The van der Waals surface area contributed by atoms with Crippen LogP contribution >= 0.6 is 0 Å². The lowest BCUT2D eigenvalue weighted by Gasteiger charge is -2.32. The fourth-order valence-corrected chi connectivity index (χ4v) is 1.17. The van der Waals surface area contributed by atoms with Crippen LogP contribution in [0.1, 0.15) is 40.5 Å². The van der Waals surface area contributed by atoms with Crippen molar-refractivity contribution in [3.05, 3.63) is 0 Å². The quantitative estimate of drug-likeness (QED) is 0.732. The van der Waals surface area contributed by atoms with Crippen LogP contribution in [0.4, 0.5) is 0 Å². The van der Waals surface area contributed by atoms with Gasteiger partial charge in [0.15, 0.2) is 0 Å². The number of carbonyl (C=O) groups is 1. The van der Waals surface area contributed by atoms with E-state index in [0.29, 0.717) is 12.5 Å². The van der Waals surface area contributed by atoms with Crippen molar-refractivity contribution < 1.29 is 4.79 Å². The number of hydrogen-bond acceptors (Lipinski definition) is 2. The van der Waals surface area contributed by atoms with E-state index in [1.807, 2.05) is 6.07 Å². The molecule has 0 radical (unpaired) electrons. The van der Waals surface area contributed by atoms with E-state index in [0.717, 1.165) is 6.42 Å². The summed E-state index contributed by atoms with van der Waals surface area (Å²) in [6.45, 7) is 9.24. The van der Waals surface area contributed by atoms with E-state index >= 15 is 0 Å². The molecule has 80 valence electrons. The van der Waals surface area contributed by atoms with Gasteiger partial charge in [-0.25, -0.2) is 0 Å².